The number of anilines is 1. The van der Waals surface area contributed by atoms with Crippen LogP contribution >= 0.6 is 0 Å². The number of piperazine rings is 1. The first-order valence-corrected chi connectivity index (χ1v) is 12.1. The van der Waals surface area contributed by atoms with Gasteiger partial charge in [-0.25, -0.2) is 8.42 Å². The second kappa shape index (κ2) is 8.40. The number of hydrogen-bond donors (Lipinski definition) is 1. The fourth-order valence-electron chi connectivity index (χ4n) is 4.10. The molecule has 168 valence electrons. The van der Waals surface area contributed by atoms with Crippen LogP contribution in [0.5, 0.6) is 0 Å². The van der Waals surface area contributed by atoms with Gasteiger partial charge in [-0.3, -0.25) is 4.79 Å². The van der Waals surface area contributed by atoms with Gasteiger partial charge in [0.1, 0.15) is 10.6 Å². The molecule has 3 aromatic rings. The first-order valence-electron chi connectivity index (χ1n) is 10.6. The largest absolute Gasteiger partial charge is 0.411 e. The highest BCUT2D eigenvalue weighted by molar-refractivity contribution is 7.89. The predicted molar refractivity (Wildman–Crippen MR) is 117 cm³/mol. The topological polar surface area (TPSA) is 116 Å². The average Bonchev–Trinajstić information content (AvgIpc) is 3.60. The molecule has 0 unspecified atom stereocenters. The zero-order chi connectivity index (χ0) is 22.1. The molecular weight excluding hydrogens is 432 g/mol. The molecule has 1 aromatic carbocycles. The van der Waals surface area contributed by atoms with E-state index in [1.165, 1.54) is 16.6 Å². The van der Waals surface area contributed by atoms with E-state index >= 15 is 0 Å². The van der Waals surface area contributed by atoms with Gasteiger partial charge in [0.05, 0.1) is 0 Å². The van der Waals surface area contributed by atoms with Crippen LogP contribution in [0.25, 0.3) is 11.6 Å². The minimum Gasteiger partial charge on any atom is -0.411 e. The number of amides is 1. The van der Waals surface area contributed by atoms with Gasteiger partial charge in [0.25, 0.3) is 5.89 Å². The first kappa shape index (κ1) is 20.7. The van der Waals surface area contributed by atoms with Crippen LogP contribution in [-0.4, -0.2) is 78.0 Å². The molecule has 0 bridgehead atoms. The third-order valence-electron chi connectivity index (χ3n) is 5.89. The fourth-order valence-corrected chi connectivity index (χ4v) is 5.51. The second-order valence-corrected chi connectivity index (χ2v) is 9.83. The Morgan fingerprint density at radius 3 is 2.41 bits per heavy atom. The molecule has 10 nitrogen and oxygen atoms in total. The molecular formula is C21H24N6O4S. The van der Waals surface area contributed by atoms with E-state index in [1.807, 2.05) is 30.3 Å². The number of likely N-dealkylation sites (tertiary alicyclic amines) is 1. The van der Waals surface area contributed by atoms with Crippen molar-refractivity contribution in [2.24, 2.45) is 0 Å². The van der Waals surface area contributed by atoms with Crippen LogP contribution in [0.15, 0.2) is 51.9 Å². The zero-order valence-electron chi connectivity index (χ0n) is 17.5. The third-order valence-corrected chi connectivity index (χ3v) is 7.76. The van der Waals surface area contributed by atoms with E-state index in [9.17, 15) is 13.2 Å². The van der Waals surface area contributed by atoms with E-state index in [4.69, 9.17) is 4.42 Å². The minimum absolute atomic E-state index is 0.0852. The van der Waals surface area contributed by atoms with Gasteiger partial charge < -0.3 is 19.2 Å². The van der Waals surface area contributed by atoms with E-state index < -0.39 is 10.0 Å². The lowest BCUT2D eigenvalue weighted by Gasteiger charge is -2.35. The number of nitrogens with zero attached hydrogens (tertiary/aromatic N) is 5. The summed E-state index contributed by atoms with van der Waals surface area (Å²) in [7, 11) is -3.67. The Bertz CT molecular complexity index is 1190. The van der Waals surface area contributed by atoms with Gasteiger partial charge in [-0.2, -0.15) is 4.31 Å². The number of hydrogen-bond acceptors (Lipinski definition) is 7. The number of aromatic nitrogens is 3. The Labute approximate surface area is 185 Å². The number of para-hydroxylation sites is 1. The molecule has 1 N–H and O–H groups in total. The molecule has 1 amide bonds. The Hall–Kier alpha value is -3.18. The zero-order valence-corrected chi connectivity index (χ0v) is 18.3. The van der Waals surface area contributed by atoms with E-state index in [2.05, 4.69) is 20.1 Å². The monoisotopic (exact) mass is 456 g/mol. The number of sulfonamides is 1. The molecule has 4 heterocycles. The molecule has 32 heavy (non-hydrogen) atoms. The molecule has 2 aliphatic heterocycles. The van der Waals surface area contributed by atoms with Gasteiger partial charge >= 0.3 is 11.8 Å². The Morgan fingerprint density at radius 2 is 1.69 bits per heavy atom. The smallest absolute Gasteiger partial charge is 0.311 e. The lowest BCUT2D eigenvalue weighted by molar-refractivity contribution is 0.0754. The maximum Gasteiger partial charge on any atom is 0.311 e. The quantitative estimate of drug-likeness (QED) is 0.622. The van der Waals surface area contributed by atoms with Gasteiger partial charge in [-0.1, -0.05) is 18.2 Å². The minimum atomic E-state index is -3.67. The maximum absolute atomic E-state index is 13.1. The van der Waals surface area contributed by atoms with Crippen molar-refractivity contribution in [2.75, 3.05) is 44.2 Å². The lowest BCUT2D eigenvalue weighted by Crippen LogP contribution is -2.48. The molecule has 0 spiro atoms. The van der Waals surface area contributed by atoms with Crippen molar-refractivity contribution in [1.29, 1.82) is 0 Å². The van der Waals surface area contributed by atoms with Gasteiger partial charge in [0, 0.05) is 51.2 Å². The van der Waals surface area contributed by atoms with Crippen LogP contribution in [0.4, 0.5) is 5.69 Å². The highest BCUT2D eigenvalue weighted by atomic mass is 32.2. The summed E-state index contributed by atoms with van der Waals surface area (Å²) in [6, 6.07) is 11.4. The van der Waals surface area contributed by atoms with Crippen molar-refractivity contribution in [3.63, 3.8) is 0 Å². The van der Waals surface area contributed by atoms with Crippen molar-refractivity contribution in [3.8, 4) is 11.6 Å². The summed E-state index contributed by atoms with van der Waals surface area (Å²) in [5.41, 5.74) is 1.45. The third kappa shape index (κ3) is 3.89. The molecule has 0 radical (unpaired) electrons. The van der Waals surface area contributed by atoms with Gasteiger partial charge in [-0.05, 0) is 31.0 Å². The van der Waals surface area contributed by atoms with Crippen molar-refractivity contribution >= 4 is 21.6 Å². The summed E-state index contributed by atoms with van der Waals surface area (Å²) in [4.78, 5) is 19.3. The second-order valence-electron chi connectivity index (χ2n) is 7.89. The summed E-state index contributed by atoms with van der Waals surface area (Å²) in [6.45, 7) is 3.38. The molecule has 2 fully saturated rings. The molecule has 0 atom stereocenters. The van der Waals surface area contributed by atoms with E-state index in [-0.39, 0.29) is 22.6 Å². The number of aromatic amines is 1. The highest BCUT2D eigenvalue weighted by Crippen LogP contribution is 2.25. The number of rotatable bonds is 5. The van der Waals surface area contributed by atoms with Gasteiger partial charge in [0.15, 0.2) is 0 Å². The summed E-state index contributed by atoms with van der Waals surface area (Å²) < 4.78 is 33.2. The summed E-state index contributed by atoms with van der Waals surface area (Å²) in [5, 5.41) is 7.76. The summed E-state index contributed by atoms with van der Waals surface area (Å²) in [5.74, 6) is -0.294. The van der Waals surface area contributed by atoms with E-state index in [1.54, 1.807) is 4.90 Å². The van der Waals surface area contributed by atoms with Crippen LogP contribution in [0, 0.1) is 0 Å². The molecule has 5 rings (SSSR count). The Kier molecular flexibility index (Phi) is 5.43. The number of nitrogens with one attached hydrogen (secondary N) is 1. The van der Waals surface area contributed by atoms with Gasteiger partial charge in [0.2, 0.25) is 10.0 Å². The van der Waals surface area contributed by atoms with E-state index in [0.29, 0.717) is 45.0 Å². The first-order chi connectivity index (χ1) is 15.5. The molecule has 2 aliphatic rings. The Morgan fingerprint density at radius 1 is 0.969 bits per heavy atom. The normalized spacial score (nSPS) is 17.8. The molecule has 2 saturated heterocycles. The molecule has 0 aliphatic carbocycles. The van der Waals surface area contributed by atoms with Crippen LogP contribution in [0.3, 0.4) is 0 Å². The SMILES string of the molecule is O=C(c1nnc(-c2cc(S(=O)(=O)N3CCN(c4ccccc4)CC3)c[nH]2)o1)N1CCCC1. The number of carbonyl (C=O) groups excluding carboxylic acids is 1. The predicted octanol–water partition coefficient (Wildman–Crippen LogP) is 1.81. The van der Waals surface area contributed by atoms with Crippen LogP contribution in [-0.2, 0) is 10.0 Å². The molecule has 11 heteroatoms. The van der Waals surface area contributed by atoms with Crippen molar-refractivity contribution in [1.82, 2.24) is 24.4 Å². The van der Waals surface area contributed by atoms with E-state index in [0.717, 1.165) is 18.5 Å². The summed E-state index contributed by atoms with van der Waals surface area (Å²) >= 11 is 0. The van der Waals surface area contributed by atoms with Gasteiger partial charge in [-0.15, -0.1) is 10.2 Å². The highest BCUT2D eigenvalue weighted by Gasteiger charge is 2.30. The number of H-pyrrole nitrogens is 1. The van der Waals surface area contributed by atoms with Crippen LogP contribution in [0.1, 0.15) is 23.5 Å². The fraction of sp³-hybridized carbons (Fsp3) is 0.381. The van der Waals surface area contributed by atoms with Crippen LogP contribution in [0.2, 0.25) is 0 Å². The number of benzene rings is 1. The Balaban J connectivity index is 1.27. The maximum atomic E-state index is 13.1. The lowest BCUT2D eigenvalue weighted by atomic mass is 10.2. The molecule has 0 saturated carbocycles. The number of carbonyl (C=O) groups is 1. The van der Waals surface area contributed by atoms with Crippen molar-refractivity contribution in [3.05, 3.63) is 48.5 Å². The standard InChI is InChI=1S/C21H24N6O4S/c28-21(26-8-4-5-9-26)20-24-23-19(31-20)18-14-17(15-22-18)32(29,30)27-12-10-25(11-13-27)16-6-2-1-3-7-16/h1-3,6-7,14-15,22H,4-5,8-13H2. The van der Waals surface area contributed by atoms with Crippen molar-refractivity contribution in [2.45, 2.75) is 17.7 Å². The molecule has 2 aromatic heterocycles. The van der Waals surface area contributed by atoms with Crippen LogP contribution < -0.4 is 4.90 Å². The summed E-state index contributed by atoms with van der Waals surface area (Å²) in [6.07, 6.45) is 3.34. The van der Waals surface area contributed by atoms with Crippen molar-refractivity contribution < 1.29 is 17.6 Å². The average molecular weight is 457 g/mol.